The maximum atomic E-state index is 11.7. The summed E-state index contributed by atoms with van der Waals surface area (Å²) >= 11 is 0. The number of hydrogen-bond acceptors (Lipinski definition) is 4. The molecule has 1 heterocycles. The van der Waals surface area contributed by atoms with Crippen molar-refractivity contribution in [1.29, 1.82) is 0 Å². The lowest BCUT2D eigenvalue weighted by atomic mass is 10.1. The van der Waals surface area contributed by atoms with Crippen LogP contribution in [0.4, 0.5) is 4.79 Å². The predicted octanol–water partition coefficient (Wildman–Crippen LogP) is 1.25. The van der Waals surface area contributed by atoms with Crippen LogP contribution in [0.3, 0.4) is 0 Å². The highest BCUT2D eigenvalue weighted by molar-refractivity contribution is 6.04. The lowest BCUT2D eigenvalue weighted by Crippen LogP contribution is -2.26. The Morgan fingerprint density at radius 1 is 1.44 bits per heavy atom. The molecule has 1 aliphatic heterocycles. The van der Waals surface area contributed by atoms with Gasteiger partial charge in [-0.05, 0) is 18.8 Å². The quantitative estimate of drug-likeness (QED) is 0.800. The molecule has 0 saturated heterocycles. The SMILES string of the molecule is NC(=O)OCCC1=NN(CC2CCCC2)C(=O)C1. The average Bonchev–Trinajstić information content (AvgIpc) is 2.90. The van der Waals surface area contributed by atoms with Gasteiger partial charge in [0.15, 0.2) is 0 Å². The number of carbonyl (C=O) groups is 2. The third-order valence-corrected chi connectivity index (χ3v) is 3.45. The van der Waals surface area contributed by atoms with E-state index in [4.69, 9.17) is 5.73 Å². The van der Waals surface area contributed by atoms with E-state index in [0.29, 0.717) is 18.8 Å². The Morgan fingerprint density at radius 3 is 2.83 bits per heavy atom. The third kappa shape index (κ3) is 3.45. The van der Waals surface area contributed by atoms with Crippen LogP contribution < -0.4 is 5.73 Å². The van der Waals surface area contributed by atoms with Crippen molar-refractivity contribution < 1.29 is 14.3 Å². The van der Waals surface area contributed by atoms with E-state index < -0.39 is 6.09 Å². The molecule has 18 heavy (non-hydrogen) atoms. The van der Waals surface area contributed by atoms with E-state index in [1.165, 1.54) is 25.7 Å². The second-order valence-corrected chi connectivity index (χ2v) is 4.89. The summed E-state index contributed by atoms with van der Waals surface area (Å²) in [6.45, 7) is 0.928. The van der Waals surface area contributed by atoms with Crippen LogP contribution in [0.1, 0.15) is 38.5 Å². The number of hydrazone groups is 1. The van der Waals surface area contributed by atoms with Crippen molar-refractivity contribution in [2.75, 3.05) is 13.2 Å². The predicted molar refractivity (Wildman–Crippen MR) is 65.9 cm³/mol. The number of rotatable bonds is 5. The second-order valence-electron chi connectivity index (χ2n) is 4.89. The van der Waals surface area contributed by atoms with Gasteiger partial charge in [0.2, 0.25) is 5.91 Å². The molecule has 0 unspecified atom stereocenters. The number of carbonyl (C=O) groups excluding carboxylic acids is 2. The summed E-state index contributed by atoms with van der Waals surface area (Å²) in [6, 6.07) is 0. The normalized spacial score (nSPS) is 20.3. The fraction of sp³-hybridized carbons (Fsp3) is 0.750. The molecule has 0 aromatic heterocycles. The van der Waals surface area contributed by atoms with Crippen molar-refractivity contribution in [3.05, 3.63) is 0 Å². The van der Waals surface area contributed by atoms with E-state index in [1.54, 1.807) is 5.01 Å². The zero-order valence-corrected chi connectivity index (χ0v) is 10.4. The molecule has 2 aliphatic rings. The topological polar surface area (TPSA) is 85.0 Å². The van der Waals surface area contributed by atoms with Gasteiger partial charge in [-0.3, -0.25) is 4.79 Å². The van der Waals surface area contributed by atoms with Gasteiger partial charge < -0.3 is 10.5 Å². The van der Waals surface area contributed by atoms with Crippen LogP contribution in [-0.2, 0) is 9.53 Å². The molecule has 0 spiro atoms. The minimum atomic E-state index is -0.789. The van der Waals surface area contributed by atoms with E-state index in [1.807, 2.05) is 0 Å². The number of nitrogens with two attached hydrogens (primary N) is 1. The van der Waals surface area contributed by atoms with E-state index in [2.05, 4.69) is 9.84 Å². The molecule has 2 rings (SSSR count). The molecule has 1 fully saturated rings. The van der Waals surface area contributed by atoms with E-state index >= 15 is 0 Å². The van der Waals surface area contributed by atoms with Crippen LogP contribution >= 0.6 is 0 Å². The van der Waals surface area contributed by atoms with Crippen LogP contribution in [0.25, 0.3) is 0 Å². The molecule has 0 atom stereocenters. The number of nitrogens with zero attached hydrogens (tertiary/aromatic N) is 2. The van der Waals surface area contributed by atoms with E-state index in [-0.39, 0.29) is 12.5 Å². The van der Waals surface area contributed by atoms with Gasteiger partial charge >= 0.3 is 6.09 Å². The maximum absolute atomic E-state index is 11.7. The molecule has 2 N–H and O–H groups in total. The number of amides is 2. The fourth-order valence-corrected chi connectivity index (χ4v) is 2.52. The summed E-state index contributed by atoms with van der Waals surface area (Å²) in [5, 5.41) is 5.88. The molecule has 0 aromatic carbocycles. The summed E-state index contributed by atoms with van der Waals surface area (Å²) in [7, 11) is 0. The molecular formula is C12H19N3O3. The summed E-state index contributed by atoms with van der Waals surface area (Å²) in [4.78, 5) is 22.2. The van der Waals surface area contributed by atoms with Gasteiger partial charge in [0.25, 0.3) is 0 Å². The van der Waals surface area contributed by atoms with Crippen LogP contribution in [0.15, 0.2) is 5.10 Å². The highest BCUT2D eigenvalue weighted by Gasteiger charge is 2.27. The van der Waals surface area contributed by atoms with Gasteiger partial charge in [-0.15, -0.1) is 0 Å². The molecule has 6 heteroatoms. The molecule has 6 nitrogen and oxygen atoms in total. The lowest BCUT2D eigenvalue weighted by molar-refractivity contribution is -0.129. The molecule has 0 aromatic rings. The Hall–Kier alpha value is -1.59. The van der Waals surface area contributed by atoms with Gasteiger partial charge in [-0.2, -0.15) is 5.10 Å². The third-order valence-electron chi connectivity index (χ3n) is 3.45. The Kier molecular flexibility index (Phi) is 4.17. The standard InChI is InChI=1S/C12H19N3O3/c13-12(17)18-6-5-10-7-11(16)15(14-10)8-9-3-1-2-4-9/h9H,1-8H2,(H2,13,17). The van der Waals surface area contributed by atoms with Crippen LogP contribution in [0.2, 0.25) is 0 Å². The Bertz CT molecular complexity index is 362. The first-order chi connectivity index (χ1) is 8.65. The van der Waals surface area contributed by atoms with Gasteiger partial charge in [0.05, 0.1) is 18.7 Å². The van der Waals surface area contributed by atoms with Crippen LogP contribution in [-0.4, -0.2) is 35.9 Å². The van der Waals surface area contributed by atoms with Crippen molar-refractivity contribution in [3.63, 3.8) is 0 Å². The van der Waals surface area contributed by atoms with Gasteiger partial charge in [-0.25, -0.2) is 9.80 Å². The second kappa shape index (κ2) is 5.84. The molecule has 0 bridgehead atoms. The van der Waals surface area contributed by atoms with Crippen LogP contribution in [0, 0.1) is 5.92 Å². The van der Waals surface area contributed by atoms with Crippen molar-refractivity contribution >= 4 is 17.7 Å². The number of hydrogen-bond donors (Lipinski definition) is 1. The van der Waals surface area contributed by atoms with Gasteiger partial charge in [0, 0.05) is 13.0 Å². The molecular weight excluding hydrogens is 234 g/mol. The first-order valence-electron chi connectivity index (χ1n) is 6.44. The largest absolute Gasteiger partial charge is 0.449 e. The van der Waals surface area contributed by atoms with Crippen molar-refractivity contribution in [2.45, 2.75) is 38.5 Å². The Balaban J connectivity index is 1.78. The molecule has 1 saturated carbocycles. The minimum absolute atomic E-state index is 0.0518. The maximum Gasteiger partial charge on any atom is 0.404 e. The highest BCUT2D eigenvalue weighted by atomic mass is 16.5. The van der Waals surface area contributed by atoms with Gasteiger partial charge in [0.1, 0.15) is 0 Å². The summed E-state index contributed by atoms with van der Waals surface area (Å²) in [5.41, 5.74) is 5.64. The van der Waals surface area contributed by atoms with Crippen molar-refractivity contribution in [1.82, 2.24) is 5.01 Å². The Morgan fingerprint density at radius 2 is 2.17 bits per heavy atom. The molecule has 2 amide bonds. The van der Waals surface area contributed by atoms with Crippen molar-refractivity contribution in [2.24, 2.45) is 16.8 Å². The summed E-state index contributed by atoms with van der Waals surface area (Å²) < 4.78 is 4.64. The fourth-order valence-electron chi connectivity index (χ4n) is 2.52. The lowest BCUT2D eigenvalue weighted by Gasteiger charge is -2.16. The van der Waals surface area contributed by atoms with E-state index in [9.17, 15) is 9.59 Å². The first-order valence-corrected chi connectivity index (χ1v) is 6.44. The molecule has 100 valence electrons. The summed E-state index contributed by atoms with van der Waals surface area (Å²) in [6.07, 6.45) is 4.94. The number of ether oxygens (including phenoxy) is 1. The zero-order chi connectivity index (χ0) is 13.0. The number of primary amides is 1. The van der Waals surface area contributed by atoms with E-state index in [0.717, 1.165) is 12.3 Å². The average molecular weight is 253 g/mol. The Labute approximate surface area is 106 Å². The van der Waals surface area contributed by atoms with Gasteiger partial charge in [-0.1, -0.05) is 12.8 Å². The monoisotopic (exact) mass is 253 g/mol. The molecule has 0 radical (unpaired) electrons. The van der Waals surface area contributed by atoms with Crippen molar-refractivity contribution in [3.8, 4) is 0 Å². The minimum Gasteiger partial charge on any atom is -0.449 e. The molecule has 1 aliphatic carbocycles. The highest BCUT2D eigenvalue weighted by Crippen LogP contribution is 2.26. The zero-order valence-electron chi connectivity index (χ0n) is 10.4. The van der Waals surface area contributed by atoms with Crippen LogP contribution in [0.5, 0.6) is 0 Å². The first kappa shape index (κ1) is 12.9. The smallest absolute Gasteiger partial charge is 0.404 e. The summed E-state index contributed by atoms with van der Waals surface area (Å²) in [5.74, 6) is 0.648.